The minimum Gasteiger partial charge on any atom is -0.361 e. The summed E-state index contributed by atoms with van der Waals surface area (Å²) in [5.74, 6) is 1.14. The lowest BCUT2D eigenvalue weighted by molar-refractivity contribution is -0.136. The number of hydrogen-bond acceptors (Lipinski definition) is 5. The fourth-order valence-electron chi connectivity index (χ4n) is 4.84. The fraction of sp³-hybridized carbons (Fsp3) is 0.750. The molecule has 0 aliphatic carbocycles. The number of carbonyl (C=O) groups excluding carboxylic acids is 2. The van der Waals surface area contributed by atoms with Crippen molar-refractivity contribution in [1.82, 2.24) is 19.9 Å². The summed E-state index contributed by atoms with van der Waals surface area (Å²) >= 11 is 0. The molecule has 0 saturated carbocycles. The van der Waals surface area contributed by atoms with E-state index in [1.54, 1.807) is 6.92 Å². The van der Waals surface area contributed by atoms with Gasteiger partial charge in [-0.25, -0.2) is 0 Å². The van der Waals surface area contributed by atoms with Gasteiger partial charge in [-0.15, -0.1) is 0 Å². The Morgan fingerprint density at radius 3 is 2.41 bits per heavy atom. The van der Waals surface area contributed by atoms with Crippen LogP contribution in [-0.2, 0) is 4.79 Å². The van der Waals surface area contributed by atoms with Crippen LogP contribution in [0.1, 0.15) is 54.6 Å². The number of carbonyl (C=O) groups is 2. The van der Waals surface area contributed by atoms with Gasteiger partial charge in [0.15, 0.2) is 0 Å². The van der Waals surface area contributed by atoms with Gasteiger partial charge in [-0.05, 0) is 52.0 Å². The molecule has 0 radical (unpaired) electrons. The lowest BCUT2D eigenvalue weighted by Gasteiger charge is -2.42. The molecule has 27 heavy (non-hydrogen) atoms. The summed E-state index contributed by atoms with van der Waals surface area (Å²) in [7, 11) is 0. The molecule has 3 saturated heterocycles. The highest BCUT2D eigenvalue weighted by Crippen LogP contribution is 2.26. The first-order valence-corrected chi connectivity index (χ1v) is 10.4. The molecule has 7 heteroatoms. The van der Waals surface area contributed by atoms with Crippen LogP contribution < -0.4 is 0 Å². The Morgan fingerprint density at radius 2 is 1.74 bits per heavy atom. The Hall–Kier alpha value is -1.89. The van der Waals surface area contributed by atoms with Crippen LogP contribution in [-0.4, -0.2) is 77.0 Å². The molecular formula is C20H30N4O3. The standard InChI is InChI=1S/C20H30N4O3/c1-15-18(13-21-27-15)20(26)23-11-6-17(7-12-23)24-10-4-5-16(14-24)19(25)22-8-2-3-9-22/h13,16-17H,2-12,14H2,1H3. The fourth-order valence-corrected chi connectivity index (χ4v) is 4.84. The molecule has 2 amide bonds. The van der Waals surface area contributed by atoms with E-state index in [9.17, 15) is 9.59 Å². The zero-order chi connectivity index (χ0) is 18.8. The van der Waals surface area contributed by atoms with E-state index in [-0.39, 0.29) is 11.8 Å². The number of rotatable bonds is 3. The van der Waals surface area contributed by atoms with E-state index in [2.05, 4.69) is 15.0 Å². The van der Waals surface area contributed by atoms with Gasteiger partial charge in [-0.1, -0.05) is 5.16 Å². The molecule has 7 nitrogen and oxygen atoms in total. The summed E-state index contributed by atoms with van der Waals surface area (Å²) in [4.78, 5) is 31.9. The largest absolute Gasteiger partial charge is 0.361 e. The molecule has 1 aromatic rings. The maximum absolute atomic E-state index is 12.8. The van der Waals surface area contributed by atoms with Crippen molar-refractivity contribution in [3.05, 3.63) is 17.5 Å². The van der Waals surface area contributed by atoms with Crippen LogP contribution in [0.4, 0.5) is 0 Å². The van der Waals surface area contributed by atoms with Crippen LogP contribution in [0.2, 0.25) is 0 Å². The molecule has 0 aromatic carbocycles. The number of piperidine rings is 2. The summed E-state index contributed by atoms with van der Waals surface area (Å²) in [6.07, 6.45) is 7.89. The summed E-state index contributed by atoms with van der Waals surface area (Å²) in [5.41, 5.74) is 0.572. The third-order valence-corrected chi connectivity index (χ3v) is 6.47. The maximum atomic E-state index is 12.8. The van der Waals surface area contributed by atoms with Crippen molar-refractivity contribution in [1.29, 1.82) is 0 Å². The van der Waals surface area contributed by atoms with Gasteiger partial charge in [0.2, 0.25) is 5.91 Å². The van der Waals surface area contributed by atoms with Crippen LogP contribution in [0.15, 0.2) is 10.7 Å². The first-order chi connectivity index (χ1) is 13.1. The van der Waals surface area contributed by atoms with Crippen LogP contribution in [0.25, 0.3) is 0 Å². The SMILES string of the molecule is Cc1oncc1C(=O)N1CCC(N2CCCC(C(=O)N3CCCC3)C2)CC1. The van der Waals surface area contributed by atoms with E-state index >= 15 is 0 Å². The average molecular weight is 374 g/mol. The summed E-state index contributed by atoms with van der Waals surface area (Å²) in [6.45, 7) is 7.14. The molecule has 4 heterocycles. The highest BCUT2D eigenvalue weighted by Gasteiger charge is 2.35. The number of aryl methyl sites for hydroxylation is 1. The number of nitrogens with zero attached hydrogens (tertiary/aromatic N) is 4. The first kappa shape index (κ1) is 18.5. The molecule has 3 fully saturated rings. The van der Waals surface area contributed by atoms with Gasteiger partial charge in [0.25, 0.3) is 5.91 Å². The molecule has 1 atom stereocenters. The summed E-state index contributed by atoms with van der Waals surface area (Å²) in [5, 5.41) is 3.72. The molecular weight excluding hydrogens is 344 g/mol. The van der Waals surface area contributed by atoms with Crippen molar-refractivity contribution >= 4 is 11.8 Å². The van der Waals surface area contributed by atoms with Crippen LogP contribution in [0, 0.1) is 12.8 Å². The minimum absolute atomic E-state index is 0.0212. The van der Waals surface area contributed by atoms with Gasteiger partial charge in [-0.3, -0.25) is 14.5 Å². The zero-order valence-corrected chi connectivity index (χ0v) is 16.2. The quantitative estimate of drug-likeness (QED) is 0.808. The van der Waals surface area contributed by atoms with Crippen molar-refractivity contribution in [3.63, 3.8) is 0 Å². The lowest BCUT2D eigenvalue weighted by Crippen LogP contribution is -2.51. The normalized spacial score (nSPS) is 25.1. The van der Waals surface area contributed by atoms with Gasteiger partial charge < -0.3 is 14.3 Å². The second kappa shape index (κ2) is 8.00. The smallest absolute Gasteiger partial charge is 0.259 e. The molecule has 148 valence electrons. The Bertz CT molecular complexity index is 675. The zero-order valence-electron chi connectivity index (χ0n) is 16.2. The van der Waals surface area contributed by atoms with Gasteiger partial charge in [0.1, 0.15) is 11.3 Å². The van der Waals surface area contributed by atoms with Crippen LogP contribution in [0.3, 0.4) is 0 Å². The molecule has 1 aromatic heterocycles. The van der Waals surface area contributed by atoms with E-state index in [1.807, 2.05) is 4.90 Å². The maximum Gasteiger partial charge on any atom is 0.259 e. The van der Waals surface area contributed by atoms with Gasteiger partial charge in [0, 0.05) is 38.8 Å². The van der Waals surface area contributed by atoms with Crippen molar-refractivity contribution < 1.29 is 14.1 Å². The number of likely N-dealkylation sites (tertiary alicyclic amines) is 3. The van der Waals surface area contributed by atoms with Crippen molar-refractivity contribution in [2.24, 2.45) is 5.92 Å². The predicted octanol–water partition coefficient (Wildman–Crippen LogP) is 1.92. The van der Waals surface area contributed by atoms with E-state index in [4.69, 9.17) is 4.52 Å². The molecule has 0 bridgehead atoms. The van der Waals surface area contributed by atoms with E-state index < -0.39 is 0 Å². The second-order valence-corrected chi connectivity index (χ2v) is 8.19. The van der Waals surface area contributed by atoms with E-state index in [0.717, 1.165) is 77.8 Å². The third kappa shape index (κ3) is 3.88. The topological polar surface area (TPSA) is 69.9 Å². The monoisotopic (exact) mass is 374 g/mol. The van der Waals surface area contributed by atoms with Gasteiger partial charge in [-0.2, -0.15) is 0 Å². The summed E-state index contributed by atoms with van der Waals surface area (Å²) in [6, 6.07) is 0.479. The average Bonchev–Trinajstić information content (AvgIpc) is 3.39. The molecule has 0 spiro atoms. The predicted molar refractivity (Wildman–Crippen MR) is 100 cm³/mol. The second-order valence-electron chi connectivity index (χ2n) is 8.19. The number of amides is 2. The molecule has 1 unspecified atom stereocenters. The van der Waals surface area contributed by atoms with E-state index in [1.165, 1.54) is 6.20 Å². The van der Waals surface area contributed by atoms with E-state index in [0.29, 0.717) is 23.3 Å². The van der Waals surface area contributed by atoms with Crippen molar-refractivity contribution in [3.8, 4) is 0 Å². The first-order valence-electron chi connectivity index (χ1n) is 10.4. The van der Waals surface area contributed by atoms with Crippen molar-refractivity contribution in [2.45, 2.75) is 51.5 Å². The van der Waals surface area contributed by atoms with Crippen LogP contribution >= 0.6 is 0 Å². The Kier molecular flexibility index (Phi) is 5.48. The molecule has 3 aliphatic rings. The molecule has 4 rings (SSSR count). The van der Waals surface area contributed by atoms with Crippen molar-refractivity contribution in [2.75, 3.05) is 39.3 Å². The number of hydrogen-bond donors (Lipinski definition) is 0. The highest BCUT2D eigenvalue weighted by molar-refractivity contribution is 5.94. The van der Waals surface area contributed by atoms with Crippen LogP contribution in [0.5, 0.6) is 0 Å². The molecule has 3 aliphatic heterocycles. The Balaban J connectivity index is 1.30. The van der Waals surface area contributed by atoms with Gasteiger partial charge >= 0.3 is 0 Å². The number of aromatic nitrogens is 1. The lowest BCUT2D eigenvalue weighted by atomic mass is 9.92. The minimum atomic E-state index is 0.0212. The Labute approximate surface area is 160 Å². The highest BCUT2D eigenvalue weighted by atomic mass is 16.5. The molecule has 0 N–H and O–H groups in total. The Morgan fingerprint density at radius 1 is 1.00 bits per heavy atom. The third-order valence-electron chi connectivity index (χ3n) is 6.47. The van der Waals surface area contributed by atoms with Gasteiger partial charge in [0.05, 0.1) is 12.1 Å². The summed E-state index contributed by atoms with van der Waals surface area (Å²) < 4.78 is 5.03.